The molecule has 0 saturated carbocycles. The molecule has 2 rings (SSSR count). The molecule has 1 amide bonds. The summed E-state index contributed by atoms with van der Waals surface area (Å²) in [5, 5.41) is 0. The number of carbonyl (C=O) groups is 1. The van der Waals surface area contributed by atoms with Crippen LogP contribution in [0.2, 0.25) is 0 Å². The zero-order valence-electron chi connectivity index (χ0n) is 16.4. The number of benzene rings is 2. The molecule has 0 aliphatic carbocycles. The summed E-state index contributed by atoms with van der Waals surface area (Å²) < 4.78 is 32.7. The van der Waals surface area contributed by atoms with Crippen molar-refractivity contribution < 1.29 is 17.9 Å². The third kappa shape index (κ3) is 4.08. The largest absolute Gasteiger partial charge is 0.495 e. The van der Waals surface area contributed by atoms with Gasteiger partial charge in [0.15, 0.2) is 0 Å². The maximum atomic E-state index is 13.1. The number of anilines is 1. The van der Waals surface area contributed by atoms with Crippen LogP contribution in [-0.2, 0) is 10.0 Å². The van der Waals surface area contributed by atoms with Crippen molar-refractivity contribution in [2.24, 2.45) is 0 Å². The first kappa shape index (κ1) is 20.8. The Morgan fingerprint density at radius 1 is 1.07 bits per heavy atom. The summed E-state index contributed by atoms with van der Waals surface area (Å²) in [6.45, 7) is 6.72. The van der Waals surface area contributed by atoms with Crippen molar-refractivity contribution in [3.05, 3.63) is 53.6 Å². The smallest absolute Gasteiger partial charge is 0.264 e. The highest BCUT2D eigenvalue weighted by Gasteiger charge is 2.26. The van der Waals surface area contributed by atoms with Gasteiger partial charge >= 0.3 is 0 Å². The molecular formula is C20H26N2O4S. The van der Waals surface area contributed by atoms with Crippen LogP contribution in [0.1, 0.15) is 29.8 Å². The number of hydrogen-bond donors (Lipinski definition) is 0. The van der Waals surface area contributed by atoms with Crippen LogP contribution in [0.25, 0.3) is 0 Å². The number of nitrogens with zero attached hydrogens (tertiary/aromatic N) is 2. The Bertz CT molecular complexity index is 921. The minimum atomic E-state index is -3.85. The van der Waals surface area contributed by atoms with Crippen LogP contribution >= 0.6 is 0 Å². The number of rotatable bonds is 7. The highest BCUT2D eigenvalue weighted by atomic mass is 32.2. The number of hydrogen-bond acceptors (Lipinski definition) is 4. The maximum Gasteiger partial charge on any atom is 0.264 e. The van der Waals surface area contributed by atoms with Gasteiger partial charge < -0.3 is 9.64 Å². The van der Waals surface area contributed by atoms with Crippen LogP contribution < -0.4 is 9.04 Å². The van der Waals surface area contributed by atoms with Gasteiger partial charge in [-0.25, -0.2) is 8.42 Å². The van der Waals surface area contributed by atoms with E-state index in [9.17, 15) is 13.2 Å². The summed E-state index contributed by atoms with van der Waals surface area (Å²) in [4.78, 5) is 14.5. The van der Waals surface area contributed by atoms with Crippen molar-refractivity contribution in [2.75, 3.05) is 31.6 Å². The molecule has 0 aliphatic rings. The van der Waals surface area contributed by atoms with E-state index in [0.29, 0.717) is 30.1 Å². The number of aryl methyl sites for hydroxylation is 1. The fraction of sp³-hybridized carbons (Fsp3) is 0.350. The second-order valence-electron chi connectivity index (χ2n) is 6.10. The van der Waals surface area contributed by atoms with Crippen molar-refractivity contribution in [3.8, 4) is 5.75 Å². The Morgan fingerprint density at radius 2 is 1.70 bits per heavy atom. The number of para-hydroxylation sites is 2. The van der Waals surface area contributed by atoms with Gasteiger partial charge in [-0.05, 0) is 50.6 Å². The third-order valence-electron chi connectivity index (χ3n) is 4.57. The van der Waals surface area contributed by atoms with E-state index in [2.05, 4.69) is 0 Å². The van der Waals surface area contributed by atoms with Gasteiger partial charge in [0.25, 0.3) is 15.9 Å². The van der Waals surface area contributed by atoms with Crippen LogP contribution in [0.15, 0.2) is 47.4 Å². The van der Waals surface area contributed by atoms with Crippen molar-refractivity contribution in [1.29, 1.82) is 0 Å². The quantitative estimate of drug-likeness (QED) is 0.727. The number of methoxy groups -OCH3 is 1. The van der Waals surface area contributed by atoms with E-state index in [1.807, 2.05) is 13.8 Å². The number of sulfonamides is 1. The van der Waals surface area contributed by atoms with Crippen molar-refractivity contribution >= 4 is 21.6 Å². The van der Waals surface area contributed by atoms with Crippen LogP contribution in [-0.4, -0.2) is 46.5 Å². The van der Waals surface area contributed by atoms with Gasteiger partial charge in [-0.1, -0.05) is 18.2 Å². The van der Waals surface area contributed by atoms with Crippen LogP contribution in [0, 0.1) is 6.92 Å². The predicted octanol–water partition coefficient (Wildman–Crippen LogP) is 3.31. The molecule has 2 aromatic carbocycles. The number of amides is 1. The lowest BCUT2D eigenvalue weighted by Gasteiger charge is -2.23. The summed E-state index contributed by atoms with van der Waals surface area (Å²) in [7, 11) is -0.891. The monoisotopic (exact) mass is 390 g/mol. The highest BCUT2D eigenvalue weighted by molar-refractivity contribution is 7.92. The average Bonchev–Trinajstić information content (AvgIpc) is 2.68. The highest BCUT2D eigenvalue weighted by Crippen LogP contribution is 2.31. The topological polar surface area (TPSA) is 66.9 Å². The van der Waals surface area contributed by atoms with Gasteiger partial charge in [0.2, 0.25) is 0 Å². The fourth-order valence-electron chi connectivity index (χ4n) is 2.85. The Hall–Kier alpha value is -2.54. The second kappa shape index (κ2) is 8.43. The van der Waals surface area contributed by atoms with E-state index < -0.39 is 10.0 Å². The molecule has 0 radical (unpaired) electrons. The van der Waals surface area contributed by atoms with Gasteiger partial charge in [0.1, 0.15) is 5.75 Å². The molecule has 0 N–H and O–H groups in total. The predicted molar refractivity (Wildman–Crippen MR) is 107 cm³/mol. The zero-order chi connectivity index (χ0) is 20.2. The van der Waals surface area contributed by atoms with Crippen molar-refractivity contribution in [2.45, 2.75) is 25.7 Å². The summed E-state index contributed by atoms with van der Waals surface area (Å²) in [5.41, 5.74) is 1.57. The summed E-state index contributed by atoms with van der Waals surface area (Å²) in [5.74, 6) is 0.282. The molecule has 0 aromatic heterocycles. The third-order valence-corrected chi connectivity index (χ3v) is 6.34. The standard InChI is InChI=1S/C20H26N2O4S/c1-6-22(7-2)20(23)17-14-16(13-12-15(17)3)27(24,25)21(4)18-10-8-9-11-19(18)26-5/h8-14H,6-7H2,1-5H3. The van der Waals surface area contributed by atoms with E-state index in [4.69, 9.17) is 4.74 Å². The molecule has 27 heavy (non-hydrogen) atoms. The Balaban J connectivity index is 2.50. The molecular weight excluding hydrogens is 364 g/mol. The Labute approximate surface area is 161 Å². The van der Waals surface area contributed by atoms with Crippen LogP contribution in [0.3, 0.4) is 0 Å². The lowest BCUT2D eigenvalue weighted by Crippen LogP contribution is -2.31. The maximum absolute atomic E-state index is 13.1. The van der Waals surface area contributed by atoms with Gasteiger partial charge in [0.05, 0.1) is 17.7 Å². The van der Waals surface area contributed by atoms with Gasteiger partial charge in [0, 0.05) is 25.7 Å². The summed E-state index contributed by atoms with van der Waals surface area (Å²) in [6.07, 6.45) is 0. The number of carbonyl (C=O) groups excluding carboxylic acids is 1. The lowest BCUT2D eigenvalue weighted by atomic mass is 10.1. The van der Waals surface area contributed by atoms with Gasteiger partial charge in [-0.3, -0.25) is 9.10 Å². The van der Waals surface area contributed by atoms with E-state index in [1.165, 1.54) is 30.6 Å². The van der Waals surface area contributed by atoms with Crippen molar-refractivity contribution in [3.63, 3.8) is 0 Å². The molecule has 0 unspecified atom stereocenters. The Kier molecular flexibility index (Phi) is 6.49. The molecule has 2 aromatic rings. The van der Waals surface area contributed by atoms with E-state index >= 15 is 0 Å². The SMILES string of the molecule is CCN(CC)C(=O)c1cc(S(=O)(=O)N(C)c2ccccc2OC)ccc1C. The first-order valence-electron chi connectivity index (χ1n) is 8.79. The normalized spacial score (nSPS) is 11.1. The molecule has 0 heterocycles. The zero-order valence-corrected chi connectivity index (χ0v) is 17.2. The molecule has 0 atom stereocenters. The van der Waals surface area contributed by atoms with Crippen LogP contribution in [0.5, 0.6) is 5.75 Å². The average molecular weight is 391 g/mol. The molecule has 0 aliphatic heterocycles. The molecule has 7 heteroatoms. The fourth-order valence-corrected chi connectivity index (χ4v) is 4.08. The minimum absolute atomic E-state index is 0.0667. The first-order valence-corrected chi connectivity index (χ1v) is 10.2. The van der Waals surface area contributed by atoms with Gasteiger partial charge in [-0.15, -0.1) is 0 Å². The Morgan fingerprint density at radius 3 is 2.30 bits per heavy atom. The summed E-state index contributed by atoms with van der Waals surface area (Å²) in [6, 6.07) is 11.5. The van der Waals surface area contributed by atoms with E-state index in [0.717, 1.165) is 5.56 Å². The second-order valence-corrected chi connectivity index (χ2v) is 8.07. The van der Waals surface area contributed by atoms with E-state index in [1.54, 1.807) is 42.2 Å². The minimum Gasteiger partial charge on any atom is -0.495 e. The van der Waals surface area contributed by atoms with Crippen molar-refractivity contribution in [1.82, 2.24) is 4.90 Å². The lowest BCUT2D eigenvalue weighted by molar-refractivity contribution is 0.0772. The molecule has 0 saturated heterocycles. The molecule has 0 fully saturated rings. The van der Waals surface area contributed by atoms with Crippen LogP contribution in [0.4, 0.5) is 5.69 Å². The molecule has 6 nitrogen and oxygen atoms in total. The van der Waals surface area contributed by atoms with Gasteiger partial charge in [-0.2, -0.15) is 0 Å². The van der Waals surface area contributed by atoms with E-state index in [-0.39, 0.29) is 10.8 Å². The molecule has 0 spiro atoms. The first-order chi connectivity index (χ1) is 12.8. The molecule has 0 bridgehead atoms. The molecule has 146 valence electrons. The number of ether oxygens (including phenoxy) is 1. The summed E-state index contributed by atoms with van der Waals surface area (Å²) >= 11 is 0.